The van der Waals surface area contributed by atoms with Crippen molar-refractivity contribution in [1.29, 1.82) is 0 Å². The Bertz CT molecular complexity index is 85.3. The third kappa shape index (κ3) is 1.96. The van der Waals surface area contributed by atoms with E-state index in [-0.39, 0.29) is 0 Å². The van der Waals surface area contributed by atoms with Crippen molar-refractivity contribution in [2.45, 2.75) is 32.3 Å². The second-order valence-corrected chi connectivity index (χ2v) is 3.03. The molecule has 1 fully saturated rings. The quantitative estimate of drug-likeness (QED) is 0.629. The van der Waals surface area contributed by atoms with E-state index < -0.39 is 0 Å². The molecule has 10 heavy (non-hydrogen) atoms. The Hall–Kier alpha value is -0.0800. The van der Waals surface area contributed by atoms with Gasteiger partial charge in [-0.15, -0.1) is 0 Å². The molecule has 2 atom stereocenters. The highest BCUT2D eigenvalue weighted by Gasteiger charge is 2.19. The summed E-state index contributed by atoms with van der Waals surface area (Å²) < 4.78 is 5.50. The monoisotopic (exact) mass is 143 g/mol. The lowest BCUT2D eigenvalue weighted by Gasteiger charge is -2.27. The van der Waals surface area contributed by atoms with Crippen molar-refractivity contribution >= 4 is 0 Å². The highest BCUT2D eigenvalue weighted by molar-refractivity contribution is 4.70. The molecular weight excluding hydrogens is 126 g/mol. The van der Waals surface area contributed by atoms with E-state index in [2.05, 4.69) is 6.92 Å². The van der Waals surface area contributed by atoms with Gasteiger partial charge in [-0.2, -0.15) is 0 Å². The van der Waals surface area contributed by atoms with Gasteiger partial charge in [0.1, 0.15) is 0 Å². The molecule has 0 amide bonds. The first-order valence-corrected chi connectivity index (χ1v) is 4.18. The average Bonchev–Trinajstić information content (AvgIpc) is 2.05. The second-order valence-electron chi connectivity index (χ2n) is 3.03. The summed E-state index contributed by atoms with van der Waals surface area (Å²) in [6, 6.07) is 0. The fourth-order valence-electron chi connectivity index (χ4n) is 1.46. The third-order valence-electron chi connectivity index (χ3n) is 2.26. The van der Waals surface area contributed by atoms with Crippen LogP contribution in [-0.2, 0) is 4.74 Å². The summed E-state index contributed by atoms with van der Waals surface area (Å²) in [7, 11) is 0. The van der Waals surface area contributed by atoms with Gasteiger partial charge >= 0.3 is 0 Å². The van der Waals surface area contributed by atoms with Gasteiger partial charge in [0, 0.05) is 6.61 Å². The normalized spacial score (nSPS) is 34.2. The molecule has 1 saturated heterocycles. The molecule has 1 rings (SSSR count). The molecular formula is C8H17NO. The van der Waals surface area contributed by atoms with E-state index in [1.807, 2.05) is 0 Å². The summed E-state index contributed by atoms with van der Waals surface area (Å²) in [5.41, 5.74) is 5.56. The summed E-state index contributed by atoms with van der Waals surface area (Å²) in [5, 5.41) is 0. The maximum Gasteiger partial charge on any atom is 0.0575 e. The molecule has 2 unspecified atom stereocenters. The lowest BCUT2D eigenvalue weighted by Crippen LogP contribution is -2.29. The topological polar surface area (TPSA) is 35.2 Å². The van der Waals surface area contributed by atoms with Crippen LogP contribution < -0.4 is 5.73 Å². The third-order valence-corrected chi connectivity index (χ3v) is 2.26. The molecule has 0 radical (unpaired) electrons. The van der Waals surface area contributed by atoms with Crippen LogP contribution in [0.2, 0.25) is 0 Å². The zero-order valence-electron chi connectivity index (χ0n) is 6.68. The van der Waals surface area contributed by atoms with E-state index in [1.165, 1.54) is 6.42 Å². The number of nitrogens with two attached hydrogens (primary N) is 1. The fraction of sp³-hybridized carbons (Fsp3) is 1.00. The van der Waals surface area contributed by atoms with Gasteiger partial charge in [-0.25, -0.2) is 0 Å². The number of hydrogen-bond donors (Lipinski definition) is 1. The average molecular weight is 143 g/mol. The summed E-state index contributed by atoms with van der Waals surface area (Å²) in [6.45, 7) is 3.92. The van der Waals surface area contributed by atoms with Crippen LogP contribution in [0.15, 0.2) is 0 Å². The van der Waals surface area contributed by atoms with Crippen LogP contribution in [0.1, 0.15) is 26.2 Å². The summed E-state index contributed by atoms with van der Waals surface area (Å²) in [4.78, 5) is 0. The number of rotatable bonds is 2. The standard InChI is InChI=1S/C8H17NO/c1-2-8-5-7(6-9)3-4-10-8/h7-8H,2-6,9H2,1H3. The maximum absolute atomic E-state index is 5.56. The van der Waals surface area contributed by atoms with Gasteiger partial charge in [-0.3, -0.25) is 0 Å². The maximum atomic E-state index is 5.56. The van der Waals surface area contributed by atoms with Gasteiger partial charge in [0.25, 0.3) is 0 Å². The van der Waals surface area contributed by atoms with Crippen LogP contribution in [0.3, 0.4) is 0 Å². The van der Waals surface area contributed by atoms with Crippen LogP contribution in [0.5, 0.6) is 0 Å². The first kappa shape index (κ1) is 8.02. The van der Waals surface area contributed by atoms with Crippen LogP contribution >= 0.6 is 0 Å². The second kappa shape index (κ2) is 3.94. The Morgan fingerprint density at radius 3 is 3.00 bits per heavy atom. The predicted molar refractivity (Wildman–Crippen MR) is 41.8 cm³/mol. The van der Waals surface area contributed by atoms with Gasteiger partial charge in [-0.1, -0.05) is 6.92 Å². The van der Waals surface area contributed by atoms with Gasteiger partial charge < -0.3 is 10.5 Å². The van der Waals surface area contributed by atoms with Crippen molar-refractivity contribution in [3.8, 4) is 0 Å². The van der Waals surface area contributed by atoms with Crippen LogP contribution in [0.25, 0.3) is 0 Å². The Kier molecular flexibility index (Phi) is 3.16. The van der Waals surface area contributed by atoms with E-state index in [4.69, 9.17) is 10.5 Å². The van der Waals surface area contributed by atoms with E-state index in [1.54, 1.807) is 0 Å². The molecule has 0 aliphatic carbocycles. The highest BCUT2D eigenvalue weighted by Crippen LogP contribution is 2.20. The van der Waals surface area contributed by atoms with Crippen molar-refractivity contribution in [2.24, 2.45) is 11.7 Å². The van der Waals surface area contributed by atoms with Crippen molar-refractivity contribution in [1.82, 2.24) is 0 Å². The smallest absolute Gasteiger partial charge is 0.0575 e. The summed E-state index contributed by atoms with van der Waals surface area (Å²) in [6.07, 6.45) is 3.96. The minimum absolute atomic E-state index is 0.488. The molecule has 1 heterocycles. The minimum atomic E-state index is 0.488. The molecule has 0 aromatic carbocycles. The van der Waals surface area contributed by atoms with Gasteiger partial charge in [0.15, 0.2) is 0 Å². The Labute approximate surface area is 62.7 Å². The van der Waals surface area contributed by atoms with E-state index >= 15 is 0 Å². The first-order valence-electron chi connectivity index (χ1n) is 4.18. The lowest BCUT2D eigenvalue weighted by atomic mass is 9.95. The zero-order chi connectivity index (χ0) is 7.40. The molecule has 0 bridgehead atoms. The molecule has 0 saturated carbocycles. The minimum Gasteiger partial charge on any atom is -0.378 e. The highest BCUT2D eigenvalue weighted by atomic mass is 16.5. The molecule has 0 aromatic rings. The van der Waals surface area contributed by atoms with Crippen molar-refractivity contribution in [3.63, 3.8) is 0 Å². The van der Waals surface area contributed by atoms with Crippen LogP contribution in [0, 0.1) is 5.92 Å². The fourth-order valence-corrected chi connectivity index (χ4v) is 1.46. The Morgan fingerprint density at radius 2 is 2.40 bits per heavy atom. The SMILES string of the molecule is CCC1CC(CN)CCO1. The molecule has 1 aliphatic heterocycles. The van der Waals surface area contributed by atoms with Crippen molar-refractivity contribution in [3.05, 3.63) is 0 Å². The molecule has 60 valence electrons. The van der Waals surface area contributed by atoms with Gasteiger partial charge in [0.05, 0.1) is 6.10 Å². The molecule has 0 spiro atoms. The summed E-state index contributed by atoms with van der Waals surface area (Å²) in [5.74, 6) is 0.721. The zero-order valence-corrected chi connectivity index (χ0v) is 6.68. The van der Waals surface area contributed by atoms with E-state index in [0.29, 0.717) is 6.10 Å². The molecule has 2 N–H and O–H groups in total. The summed E-state index contributed by atoms with van der Waals surface area (Å²) >= 11 is 0. The number of hydrogen-bond acceptors (Lipinski definition) is 2. The van der Waals surface area contributed by atoms with E-state index in [0.717, 1.165) is 31.9 Å². The largest absolute Gasteiger partial charge is 0.378 e. The van der Waals surface area contributed by atoms with Crippen molar-refractivity contribution in [2.75, 3.05) is 13.2 Å². The van der Waals surface area contributed by atoms with Crippen LogP contribution in [-0.4, -0.2) is 19.3 Å². The van der Waals surface area contributed by atoms with Gasteiger partial charge in [0.2, 0.25) is 0 Å². The van der Waals surface area contributed by atoms with Crippen LogP contribution in [0.4, 0.5) is 0 Å². The first-order chi connectivity index (χ1) is 4.86. The Morgan fingerprint density at radius 1 is 1.60 bits per heavy atom. The van der Waals surface area contributed by atoms with E-state index in [9.17, 15) is 0 Å². The molecule has 2 nitrogen and oxygen atoms in total. The Balaban J connectivity index is 2.25. The molecule has 0 aromatic heterocycles. The lowest BCUT2D eigenvalue weighted by molar-refractivity contribution is -0.00840. The molecule has 2 heteroatoms. The predicted octanol–water partition coefficient (Wildman–Crippen LogP) is 1.15. The van der Waals surface area contributed by atoms with Gasteiger partial charge in [-0.05, 0) is 31.7 Å². The molecule has 1 aliphatic rings. The van der Waals surface area contributed by atoms with Crippen molar-refractivity contribution < 1.29 is 4.74 Å². The number of ether oxygens (including phenoxy) is 1.